The van der Waals surface area contributed by atoms with Gasteiger partial charge < -0.3 is 26.2 Å². The van der Waals surface area contributed by atoms with Gasteiger partial charge in [-0.05, 0) is 5.57 Å². The summed E-state index contributed by atoms with van der Waals surface area (Å²) in [6, 6.07) is -0.731. The van der Waals surface area contributed by atoms with Gasteiger partial charge in [0, 0.05) is 0 Å². The number of aliphatic hydroxyl groups excluding tert-OH is 4. The Morgan fingerprint density at radius 1 is 1.25 bits per heavy atom. The van der Waals surface area contributed by atoms with E-state index in [4.69, 9.17) is 15.9 Å². The van der Waals surface area contributed by atoms with Gasteiger partial charge in [-0.2, -0.15) is 0 Å². The summed E-state index contributed by atoms with van der Waals surface area (Å²) in [4.78, 5) is 0. The third-order valence-electron chi connectivity index (χ3n) is 2.04. The second kappa shape index (κ2) is 3.51. The highest BCUT2D eigenvalue weighted by atomic mass is 16.4. The third kappa shape index (κ3) is 1.50. The van der Waals surface area contributed by atoms with Gasteiger partial charge in [0.25, 0.3) is 0 Å². The lowest BCUT2D eigenvalue weighted by Crippen LogP contribution is -2.52. The minimum absolute atomic E-state index is 0.250. The van der Waals surface area contributed by atoms with Crippen LogP contribution in [0.25, 0.3) is 0 Å². The number of hydrogen-bond donors (Lipinski definition) is 5. The standard InChI is InChI=1S/C7H13NO4/c8-4-1-3(2-9)5(10)7(12)6(4)11/h1,4-7,9-12H,2,8H2/t4-,5+,6?,7-/m0/s1. The molecule has 0 saturated heterocycles. The fraction of sp³-hybridized carbons (Fsp3) is 0.714. The molecule has 0 bridgehead atoms. The Hall–Kier alpha value is -0.460. The molecule has 0 aromatic rings. The summed E-state index contributed by atoms with van der Waals surface area (Å²) in [5, 5.41) is 36.3. The predicted molar refractivity (Wildman–Crippen MR) is 41.2 cm³/mol. The lowest BCUT2D eigenvalue weighted by Gasteiger charge is -2.32. The number of aliphatic hydroxyl groups is 4. The van der Waals surface area contributed by atoms with Crippen molar-refractivity contribution in [3.63, 3.8) is 0 Å². The first kappa shape index (κ1) is 9.63. The Balaban J connectivity index is 2.84. The van der Waals surface area contributed by atoms with E-state index in [0.29, 0.717) is 0 Å². The van der Waals surface area contributed by atoms with Gasteiger partial charge in [0.05, 0.1) is 12.6 Å². The van der Waals surface area contributed by atoms with Crippen LogP contribution < -0.4 is 5.73 Å². The van der Waals surface area contributed by atoms with Crippen molar-refractivity contribution < 1.29 is 20.4 Å². The first-order valence-corrected chi connectivity index (χ1v) is 3.69. The van der Waals surface area contributed by atoms with Crippen molar-refractivity contribution in [1.29, 1.82) is 0 Å². The van der Waals surface area contributed by atoms with Gasteiger partial charge in [-0.25, -0.2) is 0 Å². The number of rotatable bonds is 1. The highest BCUT2D eigenvalue weighted by Gasteiger charge is 2.34. The van der Waals surface area contributed by atoms with Crippen LogP contribution in [-0.4, -0.2) is 51.4 Å². The van der Waals surface area contributed by atoms with E-state index < -0.39 is 24.4 Å². The van der Waals surface area contributed by atoms with Crippen molar-refractivity contribution in [2.75, 3.05) is 6.61 Å². The average Bonchev–Trinajstić information content (AvgIpc) is 2.08. The van der Waals surface area contributed by atoms with Crippen molar-refractivity contribution >= 4 is 0 Å². The zero-order valence-electron chi connectivity index (χ0n) is 6.46. The molecule has 12 heavy (non-hydrogen) atoms. The van der Waals surface area contributed by atoms with Crippen molar-refractivity contribution in [2.24, 2.45) is 5.73 Å². The second-order valence-electron chi connectivity index (χ2n) is 2.90. The molecule has 6 N–H and O–H groups in total. The largest absolute Gasteiger partial charge is 0.392 e. The highest BCUT2D eigenvalue weighted by Crippen LogP contribution is 2.18. The average molecular weight is 175 g/mol. The molecule has 70 valence electrons. The zero-order chi connectivity index (χ0) is 9.30. The molecule has 0 aromatic carbocycles. The van der Waals surface area contributed by atoms with Crippen LogP contribution in [0.1, 0.15) is 0 Å². The van der Waals surface area contributed by atoms with Crippen LogP contribution in [0, 0.1) is 0 Å². The molecular weight excluding hydrogens is 162 g/mol. The minimum Gasteiger partial charge on any atom is -0.392 e. The molecule has 0 radical (unpaired) electrons. The van der Waals surface area contributed by atoms with Crippen molar-refractivity contribution in [3.05, 3.63) is 11.6 Å². The van der Waals surface area contributed by atoms with E-state index in [1.54, 1.807) is 0 Å². The summed E-state index contributed by atoms with van der Waals surface area (Å²) in [6.45, 7) is -0.362. The normalized spacial score (nSPS) is 42.6. The first-order chi connectivity index (χ1) is 5.57. The van der Waals surface area contributed by atoms with Gasteiger partial charge in [0.2, 0.25) is 0 Å². The molecule has 1 rings (SSSR count). The van der Waals surface area contributed by atoms with Gasteiger partial charge >= 0.3 is 0 Å². The van der Waals surface area contributed by atoms with Gasteiger partial charge in [0.1, 0.15) is 18.3 Å². The fourth-order valence-electron chi connectivity index (χ4n) is 1.22. The topological polar surface area (TPSA) is 107 Å². The fourth-order valence-corrected chi connectivity index (χ4v) is 1.22. The summed E-state index contributed by atoms with van der Waals surface area (Å²) in [7, 11) is 0. The molecule has 0 saturated carbocycles. The maximum Gasteiger partial charge on any atom is 0.111 e. The molecule has 0 fully saturated rings. The van der Waals surface area contributed by atoms with E-state index in [2.05, 4.69) is 0 Å². The maximum absolute atomic E-state index is 9.23. The lowest BCUT2D eigenvalue weighted by molar-refractivity contribution is -0.0596. The van der Waals surface area contributed by atoms with Crippen LogP contribution >= 0.6 is 0 Å². The number of hydrogen-bond acceptors (Lipinski definition) is 5. The minimum atomic E-state index is -1.31. The van der Waals surface area contributed by atoms with E-state index in [1.165, 1.54) is 6.08 Å². The second-order valence-corrected chi connectivity index (χ2v) is 2.90. The summed E-state index contributed by atoms with van der Waals surface area (Å²) >= 11 is 0. The van der Waals surface area contributed by atoms with Gasteiger partial charge in [0.15, 0.2) is 0 Å². The third-order valence-corrected chi connectivity index (χ3v) is 2.04. The van der Waals surface area contributed by atoms with E-state index in [0.717, 1.165) is 0 Å². The summed E-state index contributed by atoms with van der Waals surface area (Å²) < 4.78 is 0. The molecule has 0 heterocycles. The lowest BCUT2D eigenvalue weighted by atomic mass is 9.89. The first-order valence-electron chi connectivity index (χ1n) is 3.69. The Morgan fingerprint density at radius 3 is 2.33 bits per heavy atom. The molecule has 4 atom stereocenters. The monoisotopic (exact) mass is 175 g/mol. The van der Waals surface area contributed by atoms with Crippen LogP contribution in [0.2, 0.25) is 0 Å². The van der Waals surface area contributed by atoms with Crippen LogP contribution in [0.15, 0.2) is 11.6 Å². The maximum atomic E-state index is 9.23. The van der Waals surface area contributed by atoms with Crippen LogP contribution in [0.4, 0.5) is 0 Å². The molecular formula is C7H13NO4. The Kier molecular flexibility index (Phi) is 2.81. The summed E-state index contributed by atoms with van der Waals surface area (Å²) in [6.07, 6.45) is -2.34. The number of nitrogens with two attached hydrogens (primary N) is 1. The van der Waals surface area contributed by atoms with Crippen LogP contribution in [0.3, 0.4) is 0 Å². The van der Waals surface area contributed by atoms with Crippen molar-refractivity contribution in [2.45, 2.75) is 24.4 Å². The molecule has 1 aliphatic carbocycles. The summed E-state index contributed by atoms with van der Waals surface area (Å²) in [5.41, 5.74) is 5.64. The van der Waals surface area contributed by atoms with E-state index in [-0.39, 0.29) is 12.2 Å². The summed E-state index contributed by atoms with van der Waals surface area (Å²) in [5.74, 6) is 0. The van der Waals surface area contributed by atoms with E-state index >= 15 is 0 Å². The molecule has 0 aliphatic heterocycles. The van der Waals surface area contributed by atoms with Gasteiger partial charge in [-0.1, -0.05) is 6.08 Å². The van der Waals surface area contributed by atoms with Gasteiger partial charge in [-0.3, -0.25) is 0 Å². The Morgan fingerprint density at radius 2 is 1.83 bits per heavy atom. The Bertz CT molecular complexity index is 194. The Labute approximate surface area is 69.8 Å². The molecule has 1 unspecified atom stereocenters. The van der Waals surface area contributed by atoms with Crippen molar-refractivity contribution in [3.8, 4) is 0 Å². The molecule has 0 amide bonds. The molecule has 5 heteroatoms. The SMILES string of the molecule is N[C@H]1C=C(CO)[C@@H](O)[C@H](O)C1O. The van der Waals surface area contributed by atoms with E-state index in [9.17, 15) is 10.2 Å². The quantitative estimate of drug-likeness (QED) is 0.279. The van der Waals surface area contributed by atoms with E-state index in [1.807, 2.05) is 0 Å². The van der Waals surface area contributed by atoms with Crippen LogP contribution in [-0.2, 0) is 0 Å². The smallest absolute Gasteiger partial charge is 0.111 e. The van der Waals surface area contributed by atoms with Gasteiger partial charge in [-0.15, -0.1) is 0 Å². The molecule has 1 aliphatic rings. The molecule has 0 aromatic heterocycles. The van der Waals surface area contributed by atoms with Crippen molar-refractivity contribution in [1.82, 2.24) is 0 Å². The highest BCUT2D eigenvalue weighted by molar-refractivity contribution is 5.20. The molecule has 0 spiro atoms. The predicted octanol–water partition coefficient (Wildman–Crippen LogP) is -2.67. The van der Waals surface area contributed by atoms with Crippen LogP contribution in [0.5, 0.6) is 0 Å². The molecule has 5 nitrogen and oxygen atoms in total. The zero-order valence-corrected chi connectivity index (χ0v) is 6.46.